The summed E-state index contributed by atoms with van der Waals surface area (Å²) in [7, 11) is 0. The number of hydrogen-bond donors (Lipinski definition) is 0. The van der Waals surface area contributed by atoms with Gasteiger partial charge < -0.3 is 0 Å². The van der Waals surface area contributed by atoms with Crippen molar-refractivity contribution in [2.24, 2.45) is 0 Å². The molecule has 2 nitrogen and oxygen atoms in total. The largest absolute Gasteiger partial charge is 0.159 e. The first-order valence-corrected chi connectivity index (χ1v) is 5.66. The third-order valence-corrected chi connectivity index (χ3v) is 2.81. The Morgan fingerprint density at radius 3 is 2.60 bits per heavy atom. The number of halogens is 3. The average Bonchev–Trinajstić information content (AvgIpc) is 2.22. The van der Waals surface area contributed by atoms with Crippen molar-refractivity contribution in [3.05, 3.63) is 45.1 Å². The molecule has 5 heteroatoms. The van der Waals surface area contributed by atoms with Crippen molar-refractivity contribution < 1.29 is 0 Å². The van der Waals surface area contributed by atoms with Gasteiger partial charge in [-0.15, -0.1) is 10.2 Å². The van der Waals surface area contributed by atoms with Crippen LogP contribution in [-0.4, -0.2) is 10.2 Å². The molecule has 0 aliphatic rings. The molecule has 2 aromatic rings. The molecular formula is C10H5BrCl2N2. The van der Waals surface area contributed by atoms with Crippen LogP contribution in [0.15, 0.2) is 34.8 Å². The SMILES string of the molecule is Clc1cc(-c2cccc(Br)c2)c(Cl)nn1. The van der Waals surface area contributed by atoms with Crippen LogP contribution in [0.2, 0.25) is 10.3 Å². The summed E-state index contributed by atoms with van der Waals surface area (Å²) in [6.45, 7) is 0. The second kappa shape index (κ2) is 4.47. The average molecular weight is 304 g/mol. The van der Waals surface area contributed by atoms with Crippen LogP contribution in [-0.2, 0) is 0 Å². The topological polar surface area (TPSA) is 25.8 Å². The molecule has 0 aliphatic heterocycles. The molecular weight excluding hydrogens is 299 g/mol. The van der Waals surface area contributed by atoms with Gasteiger partial charge in [0, 0.05) is 10.0 Å². The summed E-state index contributed by atoms with van der Waals surface area (Å²) >= 11 is 15.1. The van der Waals surface area contributed by atoms with Gasteiger partial charge in [0.1, 0.15) is 0 Å². The number of hydrogen-bond acceptors (Lipinski definition) is 2. The van der Waals surface area contributed by atoms with E-state index in [2.05, 4.69) is 26.1 Å². The molecule has 0 aliphatic carbocycles. The lowest BCUT2D eigenvalue weighted by Gasteiger charge is -2.03. The van der Waals surface area contributed by atoms with Crippen LogP contribution in [0.1, 0.15) is 0 Å². The first-order valence-electron chi connectivity index (χ1n) is 4.11. The highest BCUT2D eigenvalue weighted by atomic mass is 79.9. The zero-order valence-corrected chi connectivity index (χ0v) is 10.5. The molecule has 2 rings (SSSR count). The van der Waals surface area contributed by atoms with E-state index in [4.69, 9.17) is 23.2 Å². The fraction of sp³-hybridized carbons (Fsp3) is 0. The minimum atomic E-state index is 0.328. The van der Waals surface area contributed by atoms with Crippen molar-refractivity contribution in [1.82, 2.24) is 10.2 Å². The minimum absolute atomic E-state index is 0.328. The Kier molecular flexibility index (Phi) is 3.24. The Balaban J connectivity index is 2.58. The van der Waals surface area contributed by atoms with Gasteiger partial charge in [0.05, 0.1) is 0 Å². The van der Waals surface area contributed by atoms with E-state index in [0.717, 1.165) is 15.6 Å². The van der Waals surface area contributed by atoms with E-state index in [9.17, 15) is 0 Å². The molecule has 0 bridgehead atoms. The van der Waals surface area contributed by atoms with E-state index in [1.165, 1.54) is 0 Å². The third-order valence-electron chi connectivity index (χ3n) is 1.85. The minimum Gasteiger partial charge on any atom is -0.137 e. The van der Waals surface area contributed by atoms with Crippen molar-refractivity contribution in [2.75, 3.05) is 0 Å². The molecule has 1 aromatic heterocycles. The highest BCUT2D eigenvalue weighted by Crippen LogP contribution is 2.29. The van der Waals surface area contributed by atoms with E-state index >= 15 is 0 Å². The number of benzene rings is 1. The standard InChI is InChI=1S/C10H5BrCl2N2/c11-7-3-1-2-6(4-7)8-5-9(12)14-15-10(8)13/h1-5H. The molecule has 0 spiro atoms. The number of rotatable bonds is 1. The molecule has 1 heterocycles. The zero-order chi connectivity index (χ0) is 10.8. The van der Waals surface area contributed by atoms with Crippen LogP contribution in [0, 0.1) is 0 Å². The van der Waals surface area contributed by atoms with Crippen molar-refractivity contribution >= 4 is 39.1 Å². The summed E-state index contributed by atoms with van der Waals surface area (Å²) in [5.74, 6) is 0. The summed E-state index contributed by atoms with van der Waals surface area (Å²) < 4.78 is 0.976. The molecule has 0 atom stereocenters. The van der Waals surface area contributed by atoms with Gasteiger partial charge >= 0.3 is 0 Å². The van der Waals surface area contributed by atoms with E-state index in [-0.39, 0.29) is 0 Å². The first-order chi connectivity index (χ1) is 7.16. The first kappa shape index (κ1) is 10.9. The lowest BCUT2D eigenvalue weighted by molar-refractivity contribution is 1.03. The Bertz CT molecular complexity index is 503. The summed E-state index contributed by atoms with van der Waals surface area (Å²) in [4.78, 5) is 0. The van der Waals surface area contributed by atoms with Crippen LogP contribution in [0.4, 0.5) is 0 Å². The monoisotopic (exact) mass is 302 g/mol. The van der Waals surface area contributed by atoms with Crippen molar-refractivity contribution in [1.29, 1.82) is 0 Å². The van der Waals surface area contributed by atoms with Crippen molar-refractivity contribution in [3.8, 4) is 11.1 Å². The Morgan fingerprint density at radius 2 is 1.87 bits per heavy atom. The number of nitrogens with zero attached hydrogens (tertiary/aromatic N) is 2. The van der Waals surface area contributed by atoms with E-state index in [1.54, 1.807) is 6.07 Å². The Labute approximate surface area is 105 Å². The molecule has 0 radical (unpaired) electrons. The van der Waals surface area contributed by atoms with Crippen LogP contribution in [0.3, 0.4) is 0 Å². The van der Waals surface area contributed by atoms with Gasteiger partial charge in [0.2, 0.25) is 0 Å². The maximum absolute atomic E-state index is 5.94. The molecule has 0 fully saturated rings. The van der Waals surface area contributed by atoms with Crippen LogP contribution < -0.4 is 0 Å². The predicted molar refractivity (Wildman–Crippen MR) is 65.2 cm³/mol. The van der Waals surface area contributed by atoms with Crippen LogP contribution >= 0.6 is 39.1 Å². The van der Waals surface area contributed by atoms with E-state index in [0.29, 0.717) is 10.3 Å². The van der Waals surface area contributed by atoms with Crippen molar-refractivity contribution in [2.45, 2.75) is 0 Å². The van der Waals surface area contributed by atoms with Gasteiger partial charge in [0.15, 0.2) is 10.3 Å². The zero-order valence-electron chi connectivity index (χ0n) is 7.42. The van der Waals surface area contributed by atoms with Crippen LogP contribution in [0.5, 0.6) is 0 Å². The molecule has 76 valence electrons. The lowest BCUT2D eigenvalue weighted by Crippen LogP contribution is -1.87. The highest BCUT2D eigenvalue weighted by Gasteiger charge is 2.06. The normalized spacial score (nSPS) is 10.3. The molecule has 1 aromatic carbocycles. The molecule has 0 saturated carbocycles. The number of aromatic nitrogens is 2. The fourth-order valence-corrected chi connectivity index (χ4v) is 1.96. The summed E-state index contributed by atoms with van der Waals surface area (Å²) in [6, 6.07) is 9.43. The molecule has 0 saturated heterocycles. The molecule has 0 unspecified atom stereocenters. The Morgan fingerprint density at radius 1 is 1.07 bits per heavy atom. The summed E-state index contributed by atoms with van der Waals surface area (Å²) in [5, 5.41) is 8.08. The van der Waals surface area contributed by atoms with E-state index < -0.39 is 0 Å². The maximum Gasteiger partial charge on any atom is 0.159 e. The van der Waals surface area contributed by atoms with Gasteiger partial charge in [-0.1, -0.05) is 51.3 Å². The van der Waals surface area contributed by atoms with Gasteiger partial charge in [-0.25, -0.2) is 0 Å². The second-order valence-corrected chi connectivity index (χ2v) is 4.54. The van der Waals surface area contributed by atoms with Gasteiger partial charge in [-0.05, 0) is 23.8 Å². The van der Waals surface area contributed by atoms with Gasteiger partial charge in [-0.3, -0.25) is 0 Å². The molecule has 15 heavy (non-hydrogen) atoms. The second-order valence-electron chi connectivity index (χ2n) is 2.88. The predicted octanol–water partition coefficient (Wildman–Crippen LogP) is 4.21. The smallest absolute Gasteiger partial charge is 0.137 e. The van der Waals surface area contributed by atoms with Gasteiger partial charge in [-0.2, -0.15) is 0 Å². The summed E-state index contributed by atoms with van der Waals surface area (Å²) in [6.07, 6.45) is 0. The van der Waals surface area contributed by atoms with E-state index in [1.807, 2.05) is 24.3 Å². The quantitative estimate of drug-likeness (QED) is 0.788. The van der Waals surface area contributed by atoms with Gasteiger partial charge in [0.25, 0.3) is 0 Å². The lowest BCUT2D eigenvalue weighted by atomic mass is 10.1. The van der Waals surface area contributed by atoms with Crippen LogP contribution in [0.25, 0.3) is 11.1 Å². The summed E-state index contributed by atoms with van der Waals surface area (Å²) in [5.41, 5.74) is 1.73. The van der Waals surface area contributed by atoms with Crippen molar-refractivity contribution in [3.63, 3.8) is 0 Å². The third kappa shape index (κ3) is 2.48. The maximum atomic E-state index is 5.94. The Hall–Kier alpha value is -0.640. The highest BCUT2D eigenvalue weighted by molar-refractivity contribution is 9.10. The fourth-order valence-electron chi connectivity index (χ4n) is 1.21. The molecule has 0 N–H and O–H groups in total. The molecule has 0 amide bonds.